The molecule has 0 saturated heterocycles. The normalized spacial score (nSPS) is 11.7. The standard InChI is InChI=1S/C26H24ClN5O2S/c1-16-5-4-6-19(15-16)24-30-31-26(32(24)23-13-7-20(27)8-14-23)35-17(2)25(34)29-22-11-9-21(10-12-22)28-18(3)33/h4-15,17H,1-3H3,(H,28,33)(H,29,34)/t17-/m0/s1. The number of aromatic nitrogens is 3. The lowest BCUT2D eigenvalue weighted by atomic mass is 10.1. The second-order valence-corrected chi connectivity index (χ2v) is 9.74. The molecule has 0 unspecified atom stereocenters. The van der Waals surface area contributed by atoms with Crippen molar-refractivity contribution < 1.29 is 9.59 Å². The number of anilines is 2. The molecule has 9 heteroatoms. The van der Waals surface area contributed by atoms with Gasteiger partial charge >= 0.3 is 0 Å². The molecule has 1 heterocycles. The maximum absolute atomic E-state index is 12.9. The monoisotopic (exact) mass is 505 g/mol. The van der Waals surface area contributed by atoms with Gasteiger partial charge < -0.3 is 10.6 Å². The molecule has 3 aromatic carbocycles. The van der Waals surface area contributed by atoms with Gasteiger partial charge in [0.05, 0.1) is 5.25 Å². The van der Waals surface area contributed by atoms with Crippen molar-refractivity contribution in [1.82, 2.24) is 14.8 Å². The third-order valence-electron chi connectivity index (χ3n) is 5.12. The van der Waals surface area contributed by atoms with Crippen LogP contribution in [0.5, 0.6) is 0 Å². The van der Waals surface area contributed by atoms with E-state index in [2.05, 4.69) is 20.8 Å². The van der Waals surface area contributed by atoms with E-state index in [1.807, 2.05) is 66.9 Å². The fourth-order valence-electron chi connectivity index (χ4n) is 3.44. The van der Waals surface area contributed by atoms with Gasteiger partial charge in [0.2, 0.25) is 11.8 Å². The van der Waals surface area contributed by atoms with E-state index in [0.29, 0.717) is 27.4 Å². The lowest BCUT2D eigenvalue weighted by molar-refractivity contribution is -0.115. The molecule has 35 heavy (non-hydrogen) atoms. The lowest BCUT2D eigenvalue weighted by Crippen LogP contribution is -2.23. The van der Waals surface area contributed by atoms with E-state index >= 15 is 0 Å². The van der Waals surface area contributed by atoms with Crippen molar-refractivity contribution in [2.24, 2.45) is 0 Å². The van der Waals surface area contributed by atoms with E-state index in [4.69, 9.17) is 11.6 Å². The highest BCUT2D eigenvalue weighted by molar-refractivity contribution is 8.00. The summed E-state index contributed by atoms with van der Waals surface area (Å²) in [5.74, 6) is 0.353. The maximum Gasteiger partial charge on any atom is 0.237 e. The zero-order chi connectivity index (χ0) is 24.9. The summed E-state index contributed by atoms with van der Waals surface area (Å²) in [5.41, 5.74) is 4.18. The van der Waals surface area contributed by atoms with Gasteiger partial charge in [0, 0.05) is 34.6 Å². The Morgan fingerprint density at radius 1 is 0.943 bits per heavy atom. The summed E-state index contributed by atoms with van der Waals surface area (Å²) in [7, 11) is 0. The van der Waals surface area contributed by atoms with E-state index in [0.717, 1.165) is 16.8 Å². The average molecular weight is 506 g/mol. The molecule has 1 atom stereocenters. The number of hydrogen-bond acceptors (Lipinski definition) is 5. The minimum atomic E-state index is -0.453. The molecule has 1 aromatic heterocycles. The lowest BCUT2D eigenvalue weighted by Gasteiger charge is -2.14. The van der Waals surface area contributed by atoms with Crippen LogP contribution in [0.1, 0.15) is 19.4 Å². The Morgan fingerprint density at radius 2 is 1.60 bits per heavy atom. The van der Waals surface area contributed by atoms with E-state index in [-0.39, 0.29) is 11.8 Å². The van der Waals surface area contributed by atoms with Crippen LogP contribution in [0, 0.1) is 6.92 Å². The summed E-state index contributed by atoms with van der Waals surface area (Å²) < 4.78 is 1.93. The molecular formula is C26H24ClN5O2S. The molecule has 0 aliphatic heterocycles. The average Bonchev–Trinajstić information content (AvgIpc) is 3.24. The molecule has 0 spiro atoms. The number of halogens is 1. The predicted octanol–water partition coefficient (Wildman–Crippen LogP) is 5.97. The van der Waals surface area contributed by atoms with Crippen LogP contribution in [0.15, 0.2) is 78.0 Å². The van der Waals surface area contributed by atoms with Crippen LogP contribution in [0.4, 0.5) is 11.4 Å². The number of benzene rings is 3. The number of carbonyl (C=O) groups excluding carboxylic acids is 2. The first-order chi connectivity index (χ1) is 16.8. The number of thioether (sulfide) groups is 1. The van der Waals surface area contributed by atoms with Crippen LogP contribution >= 0.6 is 23.4 Å². The number of nitrogens with one attached hydrogen (secondary N) is 2. The second kappa shape index (κ2) is 10.8. The van der Waals surface area contributed by atoms with Crippen molar-refractivity contribution in [2.45, 2.75) is 31.2 Å². The molecular weight excluding hydrogens is 482 g/mol. The Labute approximate surface area is 212 Å². The summed E-state index contributed by atoms with van der Waals surface area (Å²) in [6, 6.07) is 22.4. The minimum Gasteiger partial charge on any atom is -0.326 e. The Hall–Kier alpha value is -3.62. The Morgan fingerprint density at radius 3 is 2.23 bits per heavy atom. The molecule has 0 saturated carbocycles. The van der Waals surface area contributed by atoms with E-state index < -0.39 is 5.25 Å². The largest absolute Gasteiger partial charge is 0.326 e. The van der Waals surface area contributed by atoms with Crippen LogP contribution in [0.3, 0.4) is 0 Å². The zero-order valence-electron chi connectivity index (χ0n) is 19.4. The molecule has 0 fully saturated rings. The molecule has 178 valence electrons. The molecule has 0 aliphatic rings. The van der Waals surface area contributed by atoms with Crippen molar-refractivity contribution in [3.63, 3.8) is 0 Å². The van der Waals surface area contributed by atoms with Gasteiger partial charge in [0.1, 0.15) is 0 Å². The highest BCUT2D eigenvalue weighted by Gasteiger charge is 2.22. The Kier molecular flexibility index (Phi) is 7.53. The van der Waals surface area contributed by atoms with Crippen molar-refractivity contribution >= 4 is 46.6 Å². The minimum absolute atomic E-state index is 0.151. The summed E-state index contributed by atoms with van der Waals surface area (Å²) >= 11 is 7.42. The molecule has 2 N–H and O–H groups in total. The van der Waals surface area contributed by atoms with Crippen molar-refractivity contribution in [3.8, 4) is 17.1 Å². The number of carbonyl (C=O) groups is 2. The zero-order valence-corrected chi connectivity index (χ0v) is 21.0. The molecule has 4 rings (SSSR count). The van der Waals surface area contributed by atoms with Gasteiger partial charge in [-0.3, -0.25) is 14.2 Å². The van der Waals surface area contributed by atoms with Crippen molar-refractivity contribution in [1.29, 1.82) is 0 Å². The van der Waals surface area contributed by atoms with E-state index in [1.54, 1.807) is 24.3 Å². The van der Waals surface area contributed by atoms with Crippen LogP contribution < -0.4 is 10.6 Å². The number of rotatable bonds is 7. The van der Waals surface area contributed by atoms with Gasteiger partial charge in [0.25, 0.3) is 0 Å². The second-order valence-electron chi connectivity index (χ2n) is 8.00. The topological polar surface area (TPSA) is 88.9 Å². The molecule has 0 aliphatic carbocycles. The van der Waals surface area contributed by atoms with Crippen LogP contribution in [0.2, 0.25) is 5.02 Å². The van der Waals surface area contributed by atoms with Crippen molar-refractivity contribution in [3.05, 3.63) is 83.4 Å². The first-order valence-corrected chi connectivity index (χ1v) is 12.2. The van der Waals surface area contributed by atoms with E-state index in [9.17, 15) is 9.59 Å². The summed E-state index contributed by atoms with van der Waals surface area (Å²) in [6.45, 7) is 5.29. The van der Waals surface area contributed by atoms with Crippen LogP contribution in [-0.4, -0.2) is 31.8 Å². The third-order valence-corrected chi connectivity index (χ3v) is 6.41. The first-order valence-electron chi connectivity index (χ1n) is 10.9. The number of hydrogen-bond donors (Lipinski definition) is 2. The molecule has 4 aromatic rings. The van der Waals surface area contributed by atoms with Crippen LogP contribution in [0.25, 0.3) is 17.1 Å². The fraction of sp³-hybridized carbons (Fsp3) is 0.154. The molecule has 0 bridgehead atoms. The quantitative estimate of drug-likeness (QED) is 0.302. The number of nitrogens with zero attached hydrogens (tertiary/aromatic N) is 3. The summed E-state index contributed by atoms with van der Waals surface area (Å²) in [6.07, 6.45) is 0. The SMILES string of the molecule is CC(=O)Nc1ccc(NC(=O)[C@H](C)Sc2nnc(-c3cccc(C)c3)n2-c2ccc(Cl)cc2)cc1. The van der Waals surface area contributed by atoms with Gasteiger partial charge in [-0.1, -0.05) is 47.1 Å². The summed E-state index contributed by atoms with van der Waals surface area (Å²) in [4.78, 5) is 24.1. The van der Waals surface area contributed by atoms with Crippen LogP contribution in [-0.2, 0) is 9.59 Å². The van der Waals surface area contributed by atoms with Crippen molar-refractivity contribution in [2.75, 3.05) is 10.6 Å². The predicted molar refractivity (Wildman–Crippen MR) is 141 cm³/mol. The molecule has 2 amide bonds. The van der Waals surface area contributed by atoms with Gasteiger partial charge in [-0.2, -0.15) is 0 Å². The smallest absolute Gasteiger partial charge is 0.237 e. The van der Waals surface area contributed by atoms with Gasteiger partial charge in [-0.15, -0.1) is 10.2 Å². The maximum atomic E-state index is 12.9. The first kappa shape index (κ1) is 24.5. The molecule has 7 nitrogen and oxygen atoms in total. The summed E-state index contributed by atoms with van der Waals surface area (Å²) in [5, 5.41) is 15.2. The van der Waals surface area contributed by atoms with Gasteiger partial charge in [-0.05, 0) is 68.4 Å². The van der Waals surface area contributed by atoms with Gasteiger partial charge in [0.15, 0.2) is 11.0 Å². The highest BCUT2D eigenvalue weighted by atomic mass is 35.5. The number of aryl methyl sites for hydroxylation is 1. The Balaban J connectivity index is 1.57. The van der Waals surface area contributed by atoms with E-state index in [1.165, 1.54) is 18.7 Å². The molecule has 0 radical (unpaired) electrons. The highest BCUT2D eigenvalue weighted by Crippen LogP contribution is 2.31. The number of amides is 2. The fourth-order valence-corrected chi connectivity index (χ4v) is 4.43. The van der Waals surface area contributed by atoms with Gasteiger partial charge in [-0.25, -0.2) is 0 Å². The Bertz CT molecular complexity index is 1350. The third kappa shape index (κ3) is 6.09.